The minimum absolute atomic E-state index is 0.0931. The highest BCUT2D eigenvalue weighted by Crippen LogP contribution is 2.18. The Labute approximate surface area is 175 Å². The number of hydrogen-bond acceptors (Lipinski definition) is 8. The number of likely N-dealkylation sites (tertiary alicyclic amines) is 1. The van der Waals surface area contributed by atoms with Crippen molar-refractivity contribution in [1.29, 1.82) is 0 Å². The minimum atomic E-state index is -1.54. The van der Waals surface area contributed by atoms with Gasteiger partial charge in [0, 0.05) is 32.5 Å². The molecule has 1 aromatic carbocycles. The molecule has 1 aromatic rings. The second-order valence-electron chi connectivity index (χ2n) is 6.72. The lowest BCUT2D eigenvalue weighted by Gasteiger charge is -2.20. The molecule has 11 nitrogen and oxygen atoms in total. The summed E-state index contributed by atoms with van der Waals surface area (Å²) in [6.07, 6.45) is -0.275. The van der Waals surface area contributed by atoms with Crippen molar-refractivity contribution in [3.63, 3.8) is 0 Å². The Hall–Kier alpha value is -2.57. The number of rotatable bonds is 6. The fraction of sp³-hybridized carbons (Fsp3) is 0.526. The third kappa shape index (κ3) is 9.76. The number of carboxylic acids is 2. The molecule has 2 atom stereocenters. The van der Waals surface area contributed by atoms with E-state index in [1.54, 1.807) is 6.92 Å². The van der Waals surface area contributed by atoms with E-state index in [2.05, 4.69) is 0 Å². The van der Waals surface area contributed by atoms with Gasteiger partial charge in [-0.25, -0.2) is 9.59 Å². The first kappa shape index (κ1) is 27.4. The number of hydrogen-bond donors (Lipinski definition) is 7. The third-order valence-electron chi connectivity index (χ3n) is 4.30. The van der Waals surface area contributed by atoms with Gasteiger partial charge in [-0.1, -0.05) is 37.3 Å². The van der Waals surface area contributed by atoms with E-state index in [0.717, 1.165) is 0 Å². The lowest BCUT2D eigenvalue weighted by atomic mass is 10.1. The van der Waals surface area contributed by atoms with Gasteiger partial charge in [0.2, 0.25) is 5.91 Å². The van der Waals surface area contributed by atoms with Gasteiger partial charge in [-0.15, -0.1) is 0 Å². The molecule has 0 unspecified atom stereocenters. The van der Waals surface area contributed by atoms with Crippen LogP contribution in [-0.2, 0) is 20.9 Å². The number of β-amino-alcohol motifs (C(OH)–C–C–N with tert-alkyl or cyclic N) is 1. The zero-order chi connectivity index (χ0) is 23.3. The van der Waals surface area contributed by atoms with E-state index in [9.17, 15) is 19.5 Å². The second kappa shape index (κ2) is 13.6. The van der Waals surface area contributed by atoms with Gasteiger partial charge in [-0.2, -0.15) is 0 Å². The fourth-order valence-corrected chi connectivity index (χ4v) is 2.36. The monoisotopic (exact) mass is 427 g/mol. The summed E-state index contributed by atoms with van der Waals surface area (Å²) < 4.78 is 0. The summed E-state index contributed by atoms with van der Waals surface area (Å²) in [5, 5.41) is 26.2. The first-order valence-electron chi connectivity index (χ1n) is 9.45. The molecule has 2 rings (SSSR count). The van der Waals surface area contributed by atoms with E-state index in [0.29, 0.717) is 6.54 Å². The van der Waals surface area contributed by atoms with Gasteiger partial charge in [0.25, 0.3) is 0 Å². The topological polar surface area (TPSA) is 219 Å². The van der Waals surface area contributed by atoms with Crippen molar-refractivity contribution in [1.82, 2.24) is 4.90 Å². The first-order valence-corrected chi connectivity index (χ1v) is 9.45. The molecule has 0 radical (unpaired) electrons. The van der Waals surface area contributed by atoms with E-state index in [-0.39, 0.29) is 38.3 Å². The summed E-state index contributed by atoms with van der Waals surface area (Å²) >= 11 is 0. The van der Waals surface area contributed by atoms with Gasteiger partial charge in [-0.3, -0.25) is 4.79 Å². The molecule has 0 bridgehead atoms. The molecule has 1 aliphatic rings. The number of carbonyl (C=O) groups excluding carboxylic acids is 1. The van der Waals surface area contributed by atoms with Crippen LogP contribution >= 0.6 is 0 Å². The molecule has 11 heteroatoms. The summed E-state index contributed by atoms with van der Waals surface area (Å²) in [5.41, 5.74) is 20.3. The van der Waals surface area contributed by atoms with Gasteiger partial charge in [0.05, 0.1) is 6.10 Å². The highest BCUT2D eigenvalue weighted by molar-refractivity contribution is 5.84. The minimum Gasteiger partial charge on any atom is -0.480 e. The fourth-order valence-electron chi connectivity index (χ4n) is 2.36. The number of nitrogens with zero attached hydrogens (tertiary/aromatic N) is 1. The van der Waals surface area contributed by atoms with Crippen LogP contribution in [0.4, 0.5) is 0 Å². The highest BCUT2D eigenvalue weighted by atomic mass is 16.4. The molecule has 30 heavy (non-hydrogen) atoms. The number of benzene rings is 1. The first-order chi connectivity index (χ1) is 14.0. The van der Waals surface area contributed by atoms with Gasteiger partial charge in [-0.05, 0) is 12.0 Å². The smallest absolute Gasteiger partial charge is 0.338 e. The van der Waals surface area contributed by atoms with Crippen LogP contribution in [0.1, 0.15) is 31.7 Å². The van der Waals surface area contributed by atoms with E-state index >= 15 is 0 Å². The van der Waals surface area contributed by atoms with Crippen LogP contribution in [0.5, 0.6) is 0 Å². The van der Waals surface area contributed by atoms with E-state index in [4.69, 9.17) is 33.1 Å². The number of aliphatic hydroxyl groups is 1. The number of nitrogens with two attached hydrogens (primary N) is 4. The maximum absolute atomic E-state index is 11.4. The molecule has 0 spiro atoms. The molecule has 1 amide bonds. The second-order valence-corrected chi connectivity index (χ2v) is 6.72. The predicted molar refractivity (Wildman–Crippen MR) is 111 cm³/mol. The Morgan fingerprint density at radius 2 is 1.70 bits per heavy atom. The number of aliphatic carboxylic acids is 2. The average Bonchev–Trinajstić information content (AvgIpc) is 3.12. The summed E-state index contributed by atoms with van der Waals surface area (Å²) in [6.45, 7) is 2.54. The Balaban J connectivity index is 0.000000451. The van der Waals surface area contributed by atoms with Gasteiger partial charge in [0.1, 0.15) is 6.04 Å². The average molecular weight is 428 g/mol. The van der Waals surface area contributed by atoms with Crippen molar-refractivity contribution in [3.05, 3.63) is 35.9 Å². The SMILES string of the molecule is CCC(N)(N)C(=O)O.NCCC(=O)N1C[C@H](O)C[C@H]1C(=O)O.NCc1ccccc1. The largest absolute Gasteiger partial charge is 0.480 e. The molecule has 1 heterocycles. The quantitative estimate of drug-likeness (QED) is 0.264. The Morgan fingerprint density at radius 3 is 2.03 bits per heavy atom. The normalized spacial score (nSPS) is 17.9. The van der Waals surface area contributed by atoms with Crippen molar-refractivity contribution in [3.8, 4) is 0 Å². The Morgan fingerprint density at radius 1 is 1.13 bits per heavy atom. The number of carbonyl (C=O) groups is 3. The zero-order valence-corrected chi connectivity index (χ0v) is 17.1. The molecule has 0 aliphatic carbocycles. The van der Waals surface area contributed by atoms with Crippen molar-refractivity contribution in [2.45, 2.75) is 50.5 Å². The van der Waals surface area contributed by atoms with Gasteiger partial charge < -0.3 is 43.2 Å². The van der Waals surface area contributed by atoms with Crippen LogP contribution < -0.4 is 22.9 Å². The third-order valence-corrected chi connectivity index (χ3v) is 4.30. The standard InChI is InChI=1S/C8H14N2O4.C7H9N.C4H10N2O2/c9-2-1-7(12)10-4-5(11)3-6(10)8(13)14;8-6-7-4-2-1-3-5-7;1-2-4(5,6)3(7)8/h5-6,11H,1-4,9H2,(H,13,14);1-5H,6,8H2;2,5-6H2,1H3,(H,7,8)/t5-,6+;;/m1../s1. The van der Waals surface area contributed by atoms with Crippen molar-refractivity contribution < 1.29 is 29.7 Å². The predicted octanol–water partition coefficient (Wildman–Crippen LogP) is -1.38. The van der Waals surface area contributed by atoms with Crippen molar-refractivity contribution in [2.24, 2.45) is 22.9 Å². The van der Waals surface area contributed by atoms with Crippen LogP contribution in [0, 0.1) is 0 Å². The van der Waals surface area contributed by atoms with E-state index in [1.807, 2.05) is 30.3 Å². The molecule has 0 saturated carbocycles. The summed E-state index contributed by atoms with van der Waals surface area (Å²) in [7, 11) is 0. The molecule has 1 saturated heterocycles. The Kier molecular flexibility index (Phi) is 12.4. The van der Waals surface area contributed by atoms with Crippen LogP contribution in [0.15, 0.2) is 30.3 Å². The van der Waals surface area contributed by atoms with Gasteiger partial charge in [0.15, 0.2) is 5.66 Å². The molecule has 0 aromatic heterocycles. The van der Waals surface area contributed by atoms with Crippen LogP contribution in [-0.4, -0.2) is 69.0 Å². The van der Waals surface area contributed by atoms with E-state index in [1.165, 1.54) is 10.5 Å². The number of carboxylic acid groups (broad SMARTS) is 2. The molecule has 11 N–H and O–H groups in total. The molecule has 170 valence electrons. The van der Waals surface area contributed by atoms with Crippen LogP contribution in [0.2, 0.25) is 0 Å². The molecular formula is C19H33N5O6. The molecule has 1 aliphatic heterocycles. The molecular weight excluding hydrogens is 394 g/mol. The number of aliphatic hydroxyl groups excluding tert-OH is 1. The highest BCUT2D eigenvalue weighted by Gasteiger charge is 2.38. The van der Waals surface area contributed by atoms with Crippen LogP contribution in [0.25, 0.3) is 0 Å². The van der Waals surface area contributed by atoms with E-state index < -0.39 is 29.7 Å². The zero-order valence-electron chi connectivity index (χ0n) is 17.1. The Bertz CT molecular complexity index is 671. The lowest BCUT2D eigenvalue weighted by molar-refractivity contribution is -0.148. The van der Waals surface area contributed by atoms with Crippen LogP contribution in [0.3, 0.4) is 0 Å². The summed E-state index contributed by atoms with van der Waals surface area (Å²) in [6, 6.07) is 9.09. The maximum Gasteiger partial charge on any atom is 0.338 e. The summed E-state index contributed by atoms with van der Waals surface area (Å²) in [4.78, 5) is 33.3. The maximum atomic E-state index is 11.4. The lowest BCUT2D eigenvalue weighted by Crippen LogP contribution is -2.55. The van der Waals surface area contributed by atoms with Gasteiger partial charge >= 0.3 is 11.9 Å². The number of amides is 1. The summed E-state index contributed by atoms with van der Waals surface area (Å²) in [5.74, 6) is -2.55. The van der Waals surface area contributed by atoms with Crippen molar-refractivity contribution >= 4 is 17.8 Å². The molecule has 1 fully saturated rings. The van der Waals surface area contributed by atoms with Crippen molar-refractivity contribution in [2.75, 3.05) is 13.1 Å².